The number of hydrogen-bond acceptors (Lipinski definition) is 5. The van der Waals surface area contributed by atoms with Gasteiger partial charge in [0.1, 0.15) is 0 Å². The highest BCUT2D eigenvalue weighted by Crippen LogP contribution is 2.27. The number of likely N-dealkylation sites (N-methyl/N-ethyl adjacent to an activating group) is 1. The molecule has 0 aliphatic carbocycles. The fourth-order valence-electron chi connectivity index (χ4n) is 3.39. The summed E-state index contributed by atoms with van der Waals surface area (Å²) in [7, 11) is -1.60. The summed E-state index contributed by atoms with van der Waals surface area (Å²) in [6, 6.07) is 12.1. The van der Waals surface area contributed by atoms with E-state index in [1.54, 1.807) is 24.3 Å². The number of rotatable bonds is 4. The Morgan fingerprint density at radius 1 is 1.00 bits per heavy atom. The first kappa shape index (κ1) is 17.8. The van der Waals surface area contributed by atoms with Crippen LogP contribution in [0.2, 0.25) is 0 Å². The van der Waals surface area contributed by atoms with Crippen molar-refractivity contribution in [3.05, 3.63) is 48.0 Å². The standard InChI is InChI=1S/C19H22N4O3S/c1-22-8-10-23(11-9-22)16-4-2-15(3-5-16)21-27(25,26)17-6-7-18-14(12-17)13-19(24)20-18/h2-7,12,21H,8-11,13H2,1H3,(H,20,24). The Bertz CT molecular complexity index is 965. The highest BCUT2D eigenvalue weighted by atomic mass is 32.2. The predicted molar refractivity (Wildman–Crippen MR) is 106 cm³/mol. The molecule has 0 aromatic heterocycles. The average molecular weight is 386 g/mol. The van der Waals surface area contributed by atoms with Gasteiger partial charge in [-0.3, -0.25) is 9.52 Å². The van der Waals surface area contributed by atoms with E-state index in [1.807, 2.05) is 12.1 Å². The molecule has 4 rings (SSSR count). The van der Waals surface area contributed by atoms with Crippen molar-refractivity contribution < 1.29 is 13.2 Å². The van der Waals surface area contributed by atoms with Gasteiger partial charge in [-0.25, -0.2) is 8.42 Å². The molecule has 0 saturated carbocycles. The van der Waals surface area contributed by atoms with Gasteiger partial charge in [0.25, 0.3) is 10.0 Å². The molecule has 0 radical (unpaired) electrons. The summed E-state index contributed by atoms with van der Waals surface area (Å²) in [6.07, 6.45) is 0.207. The Kier molecular flexibility index (Phi) is 4.53. The lowest BCUT2D eigenvalue weighted by Gasteiger charge is -2.34. The maximum Gasteiger partial charge on any atom is 0.261 e. The van der Waals surface area contributed by atoms with Crippen LogP contribution in [0.3, 0.4) is 0 Å². The number of carbonyl (C=O) groups is 1. The number of nitrogens with zero attached hydrogens (tertiary/aromatic N) is 2. The Morgan fingerprint density at radius 3 is 2.41 bits per heavy atom. The molecule has 1 fully saturated rings. The van der Waals surface area contributed by atoms with E-state index in [9.17, 15) is 13.2 Å². The summed E-state index contributed by atoms with van der Waals surface area (Å²) in [5.41, 5.74) is 2.99. The number of nitrogens with one attached hydrogen (secondary N) is 2. The number of carbonyl (C=O) groups excluding carboxylic acids is 1. The van der Waals surface area contributed by atoms with Crippen LogP contribution in [0.5, 0.6) is 0 Å². The molecule has 2 aliphatic rings. The Balaban J connectivity index is 1.48. The van der Waals surface area contributed by atoms with Gasteiger partial charge in [0.15, 0.2) is 0 Å². The van der Waals surface area contributed by atoms with Gasteiger partial charge in [-0.1, -0.05) is 0 Å². The van der Waals surface area contributed by atoms with E-state index in [-0.39, 0.29) is 17.2 Å². The number of piperazine rings is 1. The fourth-order valence-corrected chi connectivity index (χ4v) is 4.50. The molecular formula is C19H22N4O3S. The molecule has 0 spiro atoms. The van der Waals surface area contributed by atoms with Gasteiger partial charge in [0.05, 0.1) is 11.3 Å². The normalized spacial score (nSPS) is 17.5. The van der Waals surface area contributed by atoms with Crippen molar-refractivity contribution in [3.63, 3.8) is 0 Å². The molecule has 2 aromatic carbocycles. The van der Waals surface area contributed by atoms with Crippen LogP contribution in [0.15, 0.2) is 47.4 Å². The van der Waals surface area contributed by atoms with Crippen molar-refractivity contribution in [3.8, 4) is 0 Å². The molecule has 2 heterocycles. The molecule has 7 nitrogen and oxygen atoms in total. The Morgan fingerprint density at radius 2 is 1.70 bits per heavy atom. The van der Waals surface area contributed by atoms with Crippen LogP contribution in [0.4, 0.5) is 17.1 Å². The topological polar surface area (TPSA) is 81.8 Å². The minimum Gasteiger partial charge on any atom is -0.369 e. The quantitative estimate of drug-likeness (QED) is 0.836. The minimum atomic E-state index is -3.71. The third-order valence-electron chi connectivity index (χ3n) is 5.00. The molecule has 2 N–H and O–H groups in total. The van der Waals surface area contributed by atoms with E-state index >= 15 is 0 Å². The highest BCUT2D eigenvalue weighted by molar-refractivity contribution is 7.92. The lowest BCUT2D eigenvalue weighted by molar-refractivity contribution is -0.115. The van der Waals surface area contributed by atoms with Gasteiger partial charge < -0.3 is 15.1 Å². The van der Waals surface area contributed by atoms with Crippen molar-refractivity contribution in [1.29, 1.82) is 0 Å². The van der Waals surface area contributed by atoms with E-state index in [0.717, 1.165) is 31.9 Å². The van der Waals surface area contributed by atoms with Gasteiger partial charge in [-0.15, -0.1) is 0 Å². The van der Waals surface area contributed by atoms with Gasteiger partial charge in [0.2, 0.25) is 5.91 Å². The van der Waals surface area contributed by atoms with Gasteiger partial charge >= 0.3 is 0 Å². The smallest absolute Gasteiger partial charge is 0.261 e. The van der Waals surface area contributed by atoms with Gasteiger partial charge in [-0.05, 0) is 55.1 Å². The van der Waals surface area contributed by atoms with Crippen LogP contribution >= 0.6 is 0 Å². The summed E-state index contributed by atoms with van der Waals surface area (Å²) < 4.78 is 28.0. The van der Waals surface area contributed by atoms with E-state index in [1.165, 1.54) is 6.07 Å². The third-order valence-corrected chi connectivity index (χ3v) is 6.38. The zero-order chi connectivity index (χ0) is 19.0. The second-order valence-electron chi connectivity index (χ2n) is 6.99. The Hall–Kier alpha value is -2.58. The van der Waals surface area contributed by atoms with Crippen molar-refractivity contribution in [2.75, 3.05) is 48.2 Å². The van der Waals surface area contributed by atoms with E-state index < -0.39 is 10.0 Å². The van der Waals surface area contributed by atoms with E-state index in [4.69, 9.17) is 0 Å². The second kappa shape index (κ2) is 6.86. The molecule has 27 heavy (non-hydrogen) atoms. The first-order chi connectivity index (χ1) is 12.9. The fraction of sp³-hybridized carbons (Fsp3) is 0.316. The lowest BCUT2D eigenvalue weighted by Crippen LogP contribution is -2.44. The largest absolute Gasteiger partial charge is 0.369 e. The summed E-state index contributed by atoms with van der Waals surface area (Å²) in [4.78, 5) is 16.2. The van der Waals surface area contributed by atoms with Crippen LogP contribution in [0.1, 0.15) is 5.56 Å². The van der Waals surface area contributed by atoms with Gasteiger partial charge in [0, 0.05) is 43.2 Å². The molecule has 1 amide bonds. The molecule has 2 aliphatic heterocycles. The highest BCUT2D eigenvalue weighted by Gasteiger charge is 2.22. The number of benzene rings is 2. The molecular weight excluding hydrogens is 364 g/mol. The molecule has 142 valence electrons. The third kappa shape index (κ3) is 3.77. The van der Waals surface area contributed by atoms with Gasteiger partial charge in [-0.2, -0.15) is 0 Å². The maximum atomic E-state index is 12.7. The van der Waals surface area contributed by atoms with Crippen molar-refractivity contribution in [2.45, 2.75) is 11.3 Å². The summed E-state index contributed by atoms with van der Waals surface area (Å²) in [5, 5.41) is 2.70. The van der Waals surface area contributed by atoms with Crippen molar-refractivity contribution in [2.24, 2.45) is 0 Å². The van der Waals surface area contributed by atoms with Crippen LogP contribution in [0, 0.1) is 0 Å². The number of hydrogen-bond donors (Lipinski definition) is 2. The van der Waals surface area contributed by atoms with E-state index in [0.29, 0.717) is 16.9 Å². The molecule has 1 saturated heterocycles. The molecule has 8 heteroatoms. The number of amides is 1. The Labute approximate surface area is 159 Å². The van der Waals surface area contributed by atoms with E-state index in [2.05, 4.69) is 26.9 Å². The minimum absolute atomic E-state index is 0.119. The summed E-state index contributed by atoms with van der Waals surface area (Å²) in [6.45, 7) is 3.96. The molecule has 0 atom stereocenters. The second-order valence-corrected chi connectivity index (χ2v) is 8.67. The van der Waals surface area contributed by atoms with Crippen molar-refractivity contribution >= 4 is 33.0 Å². The first-order valence-electron chi connectivity index (χ1n) is 8.90. The maximum absolute atomic E-state index is 12.7. The zero-order valence-electron chi connectivity index (χ0n) is 15.1. The van der Waals surface area contributed by atoms with Crippen LogP contribution in [-0.2, 0) is 21.2 Å². The number of sulfonamides is 1. The van der Waals surface area contributed by atoms with Crippen LogP contribution in [0.25, 0.3) is 0 Å². The zero-order valence-corrected chi connectivity index (χ0v) is 15.9. The van der Waals surface area contributed by atoms with Crippen LogP contribution < -0.4 is 14.9 Å². The first-order valence-corrected chi connectivity index (χ1v) is 10.4. The number of fused-ring (bicyclic) bond motifs is 1. The van der Waals surface area contributed by atoms with Crippen molar-refractivity contribution in [1.82, 2.24) is 4.90 Å². The number of anilines is 3. The van der Waals surface area contributed by atoms with Crippen LogP contribution in [-0.4, -0.2) is 52.5 Å². The lowest BCUT2D eigenvalue weighted by atomic mass is 10.2. The molecule has 2 aromatic rings. The summed E-state index contributed by atoms with van der Waals surface area (Å²) >= 11 is 0. The monoisotopic (exact) mass is 386 g/mol. The predicted octanol–water partition coefficient (Wildman–Crippen LogP) is 1.73. The SMILES string of the molecule is CN1CCN(c2ccc(NS(=O)(=O)c3ccc4c(c3)CC(=O)N4)cc2)CC1. The summed E-state index contributed by atoms with van der Waals surface area (Å²) in [5.74, 6) is -0.119. The molecule has 0 unspecified atom stereocenters. The average Bonchev–Trinajstić information content (AvgIpc) is 3.02. The molecule has 0 bridgehead atoms.